The van der Waals surface area contributed by atoms with E-state index in [-0.39, 0.29) is 12.6 Å². The van der Waals surface area contributed by atoms with E-state index < -0.39 is 0 Å². The number of aryl methyl sites for hydroxylation is 1. The molecule has 0 radical (unpaired) electrons. The summed E-state index contributed by atoms with van der Waals surface area (Å²) < 4.78 is 7.83. The highest BCUT2D eigenvalue weighted by molar-refractivity contribution is 9.10. The van der Waals surface area contributed by atoms with Gasteiger partial charge in [0, 0.05) is 17.7 Å². The van der Waals surface area contributed by atoms with E-state index in [4.69, 9.17) is 10.5 Å². The van der Waals surface area contributed by atoms with E-state index in [0.717, 1.165) is 9.35 Å². The molecule has 0 aliphatic rings. The predicted molar refractivity (Wildman–Crippen MR) is 71.0 cm³/mol. The molecule has 4 nitrogen and oxygen atoms in total. The van der Waals surface area contributed by atoms with Crippen molar-refractivity contribution in [1.29, 1.82) is 0 Å². The second kappa shape index (κ2) is 4.93. The van der Waals surface area contributed by atoms with E-state index in [0.29, 0.717) is 11.4 Å². The van der Waals surface area contributed by atoms with Crippen molar-refractivity contribution in [1.82, 2.24) is 4.57 Å². The van der Waals surface area contributed by atoms with Gasteiger partial charge >= 0.3 is 5.97 Å². The molecule has 0 spiro atoms. The number of rotatable bonds is 3. The molecule has 2 N–H and O–H groups in total. The van der Waals surface area contributed by atoms with Crippen LogP contribution >= 0.6 is 27.3 Å². The molecule has 2 heterocycles. The van der Waals surface area contributed by atoms with E-state index in [1.54, 1.807) is 35.2 Å². The fraction of sp³-hybridized carbons (Fsp3) is 0.182. The molecule has 90 valence electrons. The minimum absolute atomic E-state index is 0.266. The average molecular weight is 315 g/mol. The normalized spacial score (nSPS) is 10.5. The van der Waals surface area contributed by atoms with Crippen molar-refractivity contribution in [2.75, 3.05) is 5.73 Å². The van der Waals surface area contributed by atoms with E-state index in [9.17, 15) is 4.79 Å². The van der Waals surface area contributed by atoms with Gasteiger partial charge in [0.1, 0.15) is 12.3 Å². The summed E-state index contributed by atoms with van der Waals surface area (Å²) in [6.07, 6.45) is 1.68. The minimum Gasteiger partial charge on any atom is -0.455 e. The zero-order valence-electron chi connectivity index (χ0n) is 9.14. The fourth-order valence-corrected chi connectivity index (χ4v) is 2.80. The number of carbonyl (C=O) groups excluding carboxylic acids is 1. The summed E-state index contributed by atoms with van der Waals surface area (Å²) in [6, 6.07) is 3.53. The summed E-state index contributed by atoms with van der Waals surface area (Å²) in [5.41, 5.74) is 6.60. The molecule has 2 aromatic heterocycles. The maximum atomic E-state index is 11.8. The molecule has 0 saturated carbocycles. The van der Waals surface area contributed by atoms with Crippen molar-refractivity contribution >= 4 is 38.9 Å². The number of carbonyl (C=O) groups is 1. The van der Waals surface area contributed by atoms with Crippen LogP contribution in [0.4, 0.5) is 5.69 Å². The maximum absolute atomic E-state index is 11.8. The zero-order chi connectivity index (χ0) is 12.4. The number of hydrogen-bond donors (Lipinski definition) is 1. The number of anilines is 1. The van der Waals surface area contributed by atoms with Crippen LogP contribution in [0.15, 0.2) is 28.2 Å². The third-order valence-corrected chi connectivity index (χ3v) is 4.16. The number of nitrogens with zero attached hydrogens (tertiary/aromatic N) is 1. The van der Waals surface area contributed by atoms with Gasteiger partial charge in [-0.05, 0) is 33.4 Å². The molecule has 0 fully saturated rings. The van der Waals surface area contributed by atoms with Gasteiger partial charge in [0.15, 0.2) is 0 Å². The van der Waals surface area contributed by atoms with Crippen LogP contribution < -0.4 is 5.73 Å². The monoisotopic (exact) mass is 314 g/mol. The number of thiophene rings is 1. The lowest BCUT2D eigenvalue weighted by Gasteiger charge is -2.04. The van der Waals surface area contributed by atoms with E-state index in [1.165, 1.54) is 0 Å². The molecule has 2 aromatic rings. The van der Waals surface area contributed by atoms with Crippen LogP contribution in [0.3, 0.4) is 0 Å². The molecule has 6 heteroatoms. The largest absolute Gasteiger partial charge is 0.455 e. The van der Waals surface area contributed by atoms with E-state index >= 15 is 0 Å². The molecule has 17 heavy (non-hydrogen) atoms. The Morgan fingerprint density at radius 3 is 2.94 bits per heavy atom. The number of hydrogen-bond acceptors (Lipinski definition) is 4. The summed E-state index contributed by atoms with van der Waals surface area (Å²) in [6.45, 7) is 0.266. The number of halogens is 1. The lowest BCUT2D eigenvalue weighted by Crippen LogP contribution is -2.09. The van der Waals surface area contributed by atoms with Gasteiger partial charge in [0.25, 0.3) is 0 Å². The molecule has 0 aliphatic heterocycles. The van der Waals surface area contributed by atoms with Gasteiger partial charge < -0.3 is 15.0 Å². The standard InChI is InChI=1S/C11H11BrN2O2S/c1-14-5-7(13)4-9(14)11(15)16-6-10-8(12)2-3-17-10/h2-5H,6,13H2,1H3. The van der Waals surface area contributed by atoms with Gasteiger partial charge in [-0.3, -0.25) is 0 Å². The fourth-order valence-electron chi connectivity index (χ4n) is 1.43. The number of nitrogen functional groups attached to an aromatic ring is 1. The van der Waals surface area contributed by atoms with Crippen LogP contribution in [0.2, 0.25) is 0 Å². The quantitative estimate of drug-likeness (QED) is 0.886. The Labute approximate surface area is 111 Å². The second-order valence-electron chi connectivity index (χ2n) is 3.54. The number of ether oxygens (including phenoxy) is 1. The summed E-state index contributed by atoms with van der Waals surface area (Å²) in [5, 5.41) is 1.94. The first kappa shape index (κ1) is 12.2. The topological polar surface area (TPSA) is 57.2 Å². The SMILES string of the molecule is Cn1cc(N)cc1C(=O)OCc1sccc1Br. The van der Waals surface area contributed by atoms with Gasteiger partial charge in [-0.2, -0.15) is 0 Å². The molecular formula is C11H11BrN2O2S. The van der Waals surface area contributed by atoms with Crippen molar-refractivity contribution in [3.63, 3.8) is 0 Å². The van der Waals surface area contributed by atoms with Gasteiger partial charge in [-0.25, -0.2) is 4.79 Å². The highest BCUT2D eigenvalue weighted by atomic mass is 79.9. The summed E-state index contributed by atoms with van der Waals surface area (Å²) in [5.74, 6) is -0.371. The third kappa shape index (κ3) is 2.70. The van der Waals surface area contributed by atoms with Crippen molar-refractivity contribution in [3.8, 4) is 0 Å². The first-order valence-corrected chi connectivity index (χ1v) is 6.56. The summed E-state index contributed by atoms with van der Waals surface area (Å²) >= 11 is 4.93. The summed E-state index contributed by atoms with van der Waals surface area (Å²) in [7, 11) is 1.76. The van der Waals surface area contributed by atoms with Gasteiger partial charge in [0.05, 0.1) is 10.6 Å². The Balaban J connectivity index is 2.03. The van der Waals surface area contributed by atoms with Crippen molar-refractivity contribution < 1.29 is 9.53 Å². The Morgan fingerprint density at radius 1 is 1.65 bits per heavy atom. The van der Waals surface area contributed by atoms with Crippen LogP contribution in [-0.2, 0) is 18.4 Å². The molecule has 2 rings (SSSR count). The Bertz CT molecular complexity index is 547. The van der Waals surface area contributed by atoms with E-state index in [1.807, 2.05) is 11.4 Å². The number of nitrogens with two attached hydrogens (primary N) is 1. The van der Waals surface area contributed by atoms with Gasteiger partial charge in [0.2, 0.25) is 0 Å². The molecule has 0 bridgehead atoms. The molecule has 0 aliphatic carbocycles. The third-order valence-electron chi connectivity index (χ3n) is 2.26. The van der Waals surface area contributed by atoms with Crippen LogP contribution in [0.5, 0.6) is 0 Å². The highest BCUT2D eigenvalue weighted by Gasteiger charge is 2.13. The first-order chi connectivity index (χ1) is 8.08. The predicted octanol–water partition coefficient (Wildman–Crippen LogP) is 2.79. The highest BCUT2D eigenvalue weighted by Crippen LogP contribution is 2.23. The number of aromatic nitrogens is 1. The van der Waals surface area contributed by atoms with Crippen LogP contribution in [0.25, 0.3) is 0 Å². The summed E-state index contributed by atoms with van der Waals surface area (Å²) in [4.78, 5) is 12.8. The molecule has 0 aromatic carbocycles. The molecule has 0 amide bonds. The van der Waals surface area contributed by atoms with E-state index in [2.05, 4.69) is 15.9 Å². The first-order valence-electron chi connectivity index (χ1n) is 4.89. The van der Waals surface area contributed by atoms with Crippen LogP contribution in [0, 0.1) is 0 Å². The molecule has 0 unspecified atom stereocenters. The Morgan fingerprint density at radius 2 is 2.41 bits per heavy atom. The van der Waals surface area contributed by atoms with Gasteiger partial charge in [-0.1, -0.05) is 0 Å². The minimum atomic E-state index is -0.371. The van der Waals surface area contributed by atoms with Crippen molar-refractivity contribution in [3.05, 3.63) is 38.8 Å². The Kier molecular flexibility index (Phi) is 3.54. The van der Waals surface area contributed by atoms with Gasteiger partial charge in [-0.15, -0.1) is 11.3 Å². The lowest BCUT2D eigenvalue weighted by atomic mass is 10.4. The molecule has 0 atom stereocenters. The number of esters is 1. The zero-order valence-corrected chi connectivity index (χ0v) is 11.5. The van der Waals surface area contributed by atoms with Crippen LogP contribution in [-0.4, -0.2) is 10.5 Å². The smallest absolute Gasteiger partial charge is 0.355 e. The Hall–Kier alpha value is -1.27. The lowest BCUT2D eigenvalue weighted by molar-refractivity contribution is 0.0465. The molecular weight excluding hydrogens is 304 g/mol. The molecule has 0 saturated heterocycles. The van der Waals surface area contributed by atoms with Crippen molar-refractivity contribution in [2.24, 2.45) is 7.05 Å². The average Bonchev–Trinajstić information content (AvgIpc) is 2.81. The maximum Gasteiger partial charge on any atom is 0.355 e. The van der Waals surface area contributed by atoms with Crippen molar-refractivity contribution in [2.45, 2.75) is 6.61 Å². The second-order valence-corrected chi connectivity index (χ2v) is 5.39. The van der Waals surface area contributed by atoms with Crippen LogP contribution in [0.1, 0.15) is 15.4 Å².